The molecule has 0 heterocycles. The van der Waals surface area contributed by atoms with Crippen molar-refractivity contribution in [3.05, 3.63) is 0 Å². The molecule has 0 aliphatic heterocycles. The van der Waals surface area contributed by atoms with E-state index in [1.807, 2.05) is 14.1 Å². The molecule has 0 saturated carbocycles. The van der Waals surface area contributed by atoms with E-state index in [1.54, 1.807) is 0 Å². The Bertz CT molecular complexity index is 198. The van der Waals surface area contributed by atoms with Crippen LogP contribution in [0.15, 0.2) is 5.16 Å². The highest BCUT2D eigenvalue weighted by atomic mass is 16.5. The van der Waals surface area contributed by atoms with Crippen LogP contribution in [0.1, 0.15) is 19.3 Å². The Morgan fingerprint density at radius 2 is 2.06 bits per heavy atom. The molecule has 0 amide bonds. The van der Waals surface area contributed by atoms with Gasteiger partial charge in [0.1, 0.15) is 5.84 Å². The summed E-state index contributed by atoms with van der Waals surface area (Å²) in [5.41, 5.74) is 5.35. The van der Waals surface area contributed by atoms with E-state index in [2.05, 4.69) is 15.4 Å². The van der Waals surface area contributed by atoms with Crippen LogP contribution in [0.2, 0.25) is 0 Å². The lowest BCUT2D eigenvalue weighted by atomic mass is 10.2. The number of rotatable bonds is 11. The maximum atomic E-state index is 8.32. The number of hydrogen-bond acceptors (Lipinski definition) is 5. The molecule has 0 aliphatic rings. The fourth-order valence-electron chi connectivity index (χ4n) is 1.22. The monoisotopic (exact) mass is 246 g/mol. The van der Waals surface area contributed by atoms with Crippen LogP contribution in [0.25, 0.3) is 0 Å². The van der Waals surface area contributed by atoms with Gasteiger partial charge in [-0.2, -0.15) is 0 Å². The molecule has 0 spiro atoms. The van der Waals surface area contributed by atoms with Crippen LogP contribution in [0, 0.1) is 0 Å². The first-order valence-electron chi connectivity index (χ1n) is 6.06. The Balaban J connectivity index is 3.04. The van der Waals surface area contributed by atoms with Crippen molar-refractivity contribution in [2.45, 2.75) is 19.3 Å². The average molecular weight is 246 g/mol. The van der Waals surface area contributed by atoms with Crippen molar-refractivity contribution in [1.29, 1.82) is 0 Å². The van der Waals surface area contributed by atoms with Gasteiger partial charge in [-0.05, 0) is 33.5 Å². The normalized spacial score (nSPS) is 12.3. The topological polar surface area (TPSA) is 83.1 Å². The van der Waals surface area contributed by atoms with Crippen molar-refractivity contribution < 1.29 is 9.94 Å². The highest BCUT2D eigenvalue weighted by molar-refractivity contribution is 5.79. The molecule has 17 heavy (non-hydrogen) atoms. The molecule has 0 aromatic rings. The fraction of sp³-hybridized carbons (Fsp3) is 0.909. The van der Waals surface area contributed by atoms with E-state index in [1.165, 1.54) is 0 Å². The van der Waals surface area contributed by atoms with Gasteiger partial charge in [0.25, 0.3) is 0 Å². The van der Waals surface area contributed by atoms with Gasteiger partial charge in [0, 0.05) is 19.5 Å². The summed E-state index contributed by atoms with van der Waals surface area (Å²) in [5, 5.41) is 14.5. The fourth-order valence-corrected chi connectivity index (χ4v) is 1.22. The summed E-state index contributed by atoms with van der Waals surface area (Å²) >= 11 is 0. The van der Waals surface area contributed by atoms with Gasteiger partial charge in [-0.25, -0.2) is 0 Å². The quantitative estimate of drug-likeness (QED) is 0.158. The number of amidine groups is 1. The van der Waals surface area contributed by atoms with Crippen molar-refractivity contribution in [1.82, 2.24) is 10.2 Å². The van der Waals surface area contributed by atoms with Gasteiger partial charge in [-0.1, -0.05) is 5.16 Å². The van der Waals surface area contributed by atoms with Gasteiger partial charge in [0.2, 0.25) is 0 Å². The number of nitrogens with one attached hydrogen (secondary N) is 1. The Morgan fingerprint density at radius 1 is 1.29 bits per heavy atom. The minimum atomic E-state index is 0.303. The third-order valence-electron chi connectivity index (χ3n) is 2.27. The maximum Gasteiger partial charge on any atom is 0.139 e. The molecular formula is C11H26N4O2. The van der Waals surface area contributed by atoms with Crippen LogP contribution in [0.5, 0.6) is 0 Å². The number of unbranched alkanes of at least 4 members (excludes halogenated alkanes) is 1. The zero-order chi connectivity index (χ0) is 12.9. The van der Waals surface area contributed by atoms with Crippen LogP contribution in [0.3, 0.4) is 0 Å². The molecule has 0 rings (SSSR count). The number of nitrogens with zero attached hydrogens (tertiary/aromatic N) is 2. The molecule has 0 saturated heterocycles. The molecule has 0 unspecified atom stereocenters. The molecular weight excluding hydrogens is 220 g/mol. The van der Waals surface area contributed by atoms with Crippen LogP contribution in [-0.2, 0) is 4.74 Å². The van der Waals surface area contributed by atoms with Gasteiger partial charge >= 0.3 is 0 Å². The highest BCUT2D eigenvalue weighted by Gasteiger charge is 1.94. The van der Waals surface area contributed by atoms with E-state index in [-0.39, 0.29) is 0 Å². The van der Waals surface area contributed by atoms with Gasteiger partial charge < -0.3 is 25.9 Å². The molecule has 6 heteroatoms. The lowest BCUT2D eigenvalue weighted by molar-refractivity contribution is 0.119. The molecule has 0 radical (unpaired) electrons. The summed E-state index contributed by atoms with van der Waals surface area (Å²) in [6.07, 6.45) is 2.61. The Labute approximate surface area is 104 Å². The van der Waals surface area contributed by atoms with Gasteiger partial charge in [0.15, 0.2) is 0 Å². The second-order valence-electron chi connectivity index (χ2n) is 4.21. The number of ether oxygens (including phenoxy) is 1. The van der Waals surface area contributed by atoms with Crippen molar-refractivity contribution in [3.63, 3.8) is 0 Å². The number of nitrogens with two attached hydrogens (primary N) is 1. The summed E-state index contributed by atoms with van der Waals surface area (Å²) < 4.78 is 5.43. The first kappa shape index (κ1) is 16.1. The van der Waals surface area contributed by atoms with Crippen molar-refractivity contribution in [2.24, 2.45) is 10.9 Å². The lowest BCUT2D eigenvalue weighted by Gasteiger charge is -2.10. The van der Waals surface area contributed by atoms with Crippen LogP contribution in [-0.4, -0.2) is 62.9 Å². The summed E-state index contributed by atoms with van der Waals surface area (Å²) in [5.74, 6) is 0.303. The standard InChI is InChI=1S/C11H26N4O2/c1-15(2)8-10-17-9-7-13-6-4-3-5-11(12)14-16/h13,16H,3-10H2,1-2H3,(H2,12,14). The zero-order valence-corrected chi connectivity index (χ0v) is 11.0. The molecule has 0 fully saturated rings. The van der Waals surface area contributed by atoms with Crippen LogP contribution < -0.4 is 11.1 Å². The number of likely N-dealkylation sites (N-methyl/N-ethyl adjacent to an activating group) is 1. The maximum absolute atomic E-state index is 8.32. The van der Waals surface area contributed by atoms with E-state index in [4.69, 9.17) is 15.7 Å². The van der Waals surface area contributed by atoms with Crippen LogP contribution in [0.4, 0.5) is 0 Å². The third kappa shape index (κ3) is 13.1. The Morgan fingerprint density at radius 3 is 2.71 bits per heavy atom. The summed E-state index contributed by atoms with van der Waals surface area (Å²) in [6.45, 7) is 4.29. The van der Waals surface area contributed by atoms with Gasteiger partial charge in [-0.3, -0.25) is 0 Å². The third-order valence-corrected chi connectivity index (χ3v) is 2.27. The minimum absolute atomic E-state index is 0.303. The summed E-state index contributed by atoms with van der Waals surface area (Å²) in [7, 11) is 4.06. The van der Waals surface area contributed by atoms with Crippen LogP contribution >= 0.6 is 0 Å². The largest absolute Gasteiger partial charge is 0.409 e. The Kier molecular flexibility index (Phi) is 11.0. The summed E-state index contributed by atoms with van der Waals surface area (Å²) in [6, 6.07) is 0. The predicted molar refractivity (Wildman–Crippen MR) is 69.5 cm³/mol. The molecule has 0 aromatic carbocycles. The summed E-state index contributed by atoms with van der Waals surface area (Å²) in [4.78, 5) is 2.10. The number of oxime groups is 1. The SMILES string of the molecule is CN(C)CCOCCNCCCCC(N)=NO. The van der Waals surface area contributed by atoms with E-state index in [0.717, 1.165) is 45.7 Å². The molecule has 0 aliphatic carbocycles. The molecule has 0 atom stereocenters. The smallest absolute Gasteiger partial charge is 0.139 e. The van der Waals surface area contributed by atoms with Gasteiger partial charge in [-0.15, -0.1) is 0 Å². The molecule has 6 nitrogen and oxygen atoms in total. The lowest BCUT2D eigenvalue weighted by Crippen LogP contribution is -2.24. The second kappa shape index (κ2) is 11.6. The predicted octanol–water partition coefficient (Wildman–Crippen LogP) is 0.0709. The van der Waals surface area contributed by atoms with E-state index < -0.39 is 0 Å². The second-order valence-corrected chi connectivity index (χ2v) is 4.21. The van der Waals surface area contributed by atoms with Gasteiger partial charge in [0.05, 0.1) is 13.2 Å². The average Bonchev–Trinajstić information content (AvgIpc) is 2.30. The van der Waals surface area contributed by atoms with Crippen molar-refractivity contribution in [2.75, 3.05) is 46.9 Å². The number of hydrogen-bond donors (Lipinski definition) is 3. The van der Waals surface area contributed by atoms with E-state index in [0.29, 0.717) is 12.3 Å². The zero-order valence-electron chi connectivity index (χ0n) is 11.0. The Hall–Kier alpha value is -0.850. The molecule has 0 aromatic heterocycles. The van der Waals surface area contributed by atoms with E-state index in [9.17, 15) is 0 Å². The minimum Gasteiger partial charge on any atom is -0.409 e. The molecule has 0 bridgehead atoms. The first-order valence-corrected chi connectivity index (χ1v) is 6.06. The highest BCUT2D eigenvalue weighted by Crippen LogP contribution is 1.93. The first-order chi connectivity index (χ1) is 8.16. The van der Waals surface area contributed by atoms with Crippen molar-refractivity contribution in [3.8, 4) is 0 Å². The van der Waals surface area contributed by atoms with Crippen molar-refractivity contribution >= 4 is 5.84 Å². The van der Waals surface area contributed by atoms with E-state index >= 15 is 0 Å². The molecule has 4 N–H and O–H groups in total. The molecule has 102 valence electrons.